The van der Waals surface area contributed by atoms with E-state index in [4.69, 9.17) is 37.4 Å². The fraction of sp³-hybridized carbons (Fsp3) is 0.120. The molecule has 66 heavy (non-hydrogen) atoms. The van der Waals surface area contributed by atoms with Crippen LogP contribution in [0.5, 0.6) is 11.5 Å². The first-order chi connectivity index (χ1) is 31.7. The topological polar surface area (TPSA) is 118 Å². The van der Waals surface area contributed by atoms with Crippen molar-refractivity contribution >= 4 is 35.1 Å². The number of carboxylic acid groups (broad SMARTS) is 1. The fourth-order valence-electron chi connectivity index (χ4n) is 6.91. The summed E-state index contributed by atoms with van der Waals surface area (Å²) in [6, 6.07) is 30.3. The van der Waals surface area contributed by atoms with Crippen molar-refractivity contribution in [1.82, 2.24) is 19.1 Å². The van der Waals surface area contributed by atoms with E-state index in [1.54, 1.807) is 60.0 Å². The SMILES string of the molecule is CCOC(=O)c1ccnc(-n2c(C)ccc2-c2cc(Cl)ccc2OCc2ccc(F)cc2F)c1.Cc1ccc(-c2cc(Cl)ccc2OCc2ccc(F)cc2F)n1-c1cc(C(=O)O)ccn1. The Bertz CT molecular complexity index is 3080. The second-order valence-electron chi connectivity index (χ2n) is 14.6. The molecule has 8 aromatic rings. The van der Waals surface area contributed by atoms with E-state index in [0.717, 1.165) is 23.5 Å². The highest BCUT2D eigenvalue weighted by molar-refractivity contribution is 6.31. The third-order valence-electron chi connectivity index (χ3n) is 10.1. The molecule has 0 fully saturated rings. The van der Waals surface area contributed by atoms with Gasteiger partial charge in [-0.3, -0.25) is 9.13 Å². The molecule has 1 N–H and O–H groups in total. The number of nitrogens with zero attached hydrogens (tertiary/aromatic N) is 4. The van der Waals surface area contributed by atoms with Gasteiger partial charge >= 0.3 is 11.9 Å². The van der Waals surface area contributed by atoms with Crippen LogP contribution in [-0.4, -0.2) is 42.8 Å². The summed E-state index contributed by atoms with van der Waals surface area (Å²) in [6.45, 7) is 5.55. The number of rotatable bonds is 13. The molecule has 336 valence electrons. The fourth-order valence-corrected chi connectivity index (χ4v) is 7.25. The second kappa shape index (κ2) is 20.6. The average molecular weight is 938 g/mol. The molecule has 0 radical (unpaired) electrons. The summed E-state index contributed by atoms with van der Waals surface area (Å²) in [4.78, 5) is 32.4. The third-order valence-corrected chi connectivity index (χ3v) is 10.6. The van der Waals surface area contributed by atoms with Gasteiger partial charge in [0.1, 0.15) is 59.6 Å². The number of hydrogen-bond donors (Lipinski definition) is 1. The van der Waals surface area contributed by atoms with Crippen LogP contribution in [0.1, 0.15) is 50.2 Å². The number of benzene rings is 4. The summed E-state index contributed by atoms with van der Waals surface area (Å²) < 4.78 is 75.1. The molecule has 0 amide bonds. The summed E-state index contributed by atoms with van der Waals surface area (Å²) in [7, 11) is 0. The molecule has 0 aliphatic carbocycles. The molecule has 4 aromatic carbocycles. The molecular formula is C50H38Cl2F4N4O6. The number of carboxylic acids is 1. The van der Waals surface area contributed by atoms with Gasteiger partial charge in [0.15, 0.2) is 0 Å². The van der Waals surface area contributed by atoms with Crippen molar-refractivity contribution in [1.29, 1.82) is 0 Å². The third kappa shape index (κ3) is 10.7. The Labute approximate surface area is 386 Å². The van der Waals surface area contributed by atoms with Crippen LogP contribution in [0.25, 0.3) is 34.2 Å². The van der Waals surface area contributed by atoms with E-state index >= 15 is 0 Å². The number of hydrogen-bond acceptors (Lipinski definition) is 7. The van der Waals surface area contributed by atoms with E-state index in [1.165, 1.54) is 48.8 Å². The number of aryl methyl sites for hydroxylation is 2. The Hall–Kier alpha value is -7.42. The van der Waals surface area contributed by atoms with Gasteiger partial charge in [-0.05, 0) is 130 Å². The molecule has 0 aliphatic rings. The molecule has 0 spiro atoms. The van der Waals surface area contributed by atoms with Crippen LogP contribution in [0.4, 0.5) is 17.6 Å². The normalized spacial score (nSPS) is 10.9. The molecule has 8 rings (SSSR count). The molecular weight excluding hydrogens is 899 g/mol. The Morgan fingerprint density at radius 2 is 1.05 bits per heavy atom. The molecule has 0 aliphatic heterocycles. The maximum atomic E-state index is 14.1. The molecule has 0 saturated carbocycles. The minimum Gasteiger partial charge on any atom is -0.488 e. The van der Waals surface area contributed by atoms with Gasteiger partial charge in [-0.15, -0.1) is 0 Å². The second-order valence-corrected chi connectivity index (χ2v) is 15.4. The van der Waals surface area contributed by atoms with Crippen LogP contribution in [0, 0.1) is 37.1 Å². The van der Waals surface area contributed by atoms with Gasteiger partial charge in [-0.2, -0.15) is 0 Å². The van der Waals surface area contributed by atoms with E-state index in [0.29, 0.717) is 61.3 Å². The number of ether oxygens (including phenoxy) is 3. The van der Waals surface area contributed by atoms with Crippen molar-refractivity contribution in [3.63, 3.8) is 0 Å². The average Bonchev–Trinajstić information content (AvgIpc) is 3.88. The minimum atomic E-state index is -1.06. The van der Waals surface area contributed by atoms with Crippen molar-refractivity contribution in [2.24, 2.45) is 0 Å². The predicted octanol–water partition coefficient (Wildman–Crippen LogP) is 12.6. The van der Waals surface area contributed by atoms with Crippen LogP contribution in [0.3, 0.4) is 0 Å². The molecule has 4 heterocycles. The van der Waals surface area contributed by atoms with Crippen LogP contribution in [0.2, 0.25) is 10.0 Å². The summed E-state index contributed by atoms with van der Waals surface area (Å²) in [6.07, 6.45) is 2.96. The zero-order valence-corrected chi connectivity index (χ0v) is 36.9. The Kier molecular flexibility index (Phi) is 14.5. The molecule has 16 heteroatoms. The monoisotopic (exact) mass is 936 g/mol. The number of aromatic nitrogens is 4. The Morgan fingerprint density at radius 1 is 0.591 bits per heavy atom. The van der Waals surface area contributed by atoms with Crippen molar-refractivity contribution in [3.8, 4) is 45.6 Å². The highest BCUT2D eigenvalue weighted by Crippen LogP contribution is 2.38. The van der Waals surface area contributed by atoms with E-state index in [2.05, 4.69) is 9.97 Å². The lowest BCUT2D eigenvalue weighted by Crippen LogP contribution is -2.08. The smallest absolute Gasteiger partial charge is 0.338 e. The largest absolute Gasteiger partial charge is 0.488 e. The first kappa shape index (κ1) is 46.6. The standard InChI is InChI=1S/C26H21ClF2N2O3.C24H17ClF2N2O3/c1-3-33-26(32)17-10-11-30-25(12-17)31-16(2)4-8-23(31)21-13-19(27)6-9-24(21)34-15-18-5-7-20(28)14-22(18)29;1-14-2-6-21(29(14)23-10-15(24(30)31)8-9-28-23)19-11-17(25)4-7-22(19)32-13-16-3-5-18(26)12-20(16)27/h4-14H,3,15H2,1-2H3;2-12H,13H2,1H3,(H,30,31). The summed E-state index contributed by atoms with van der Waals surface area (Å²) in [5, 5.41) is 10.3. The van der Waals surface area contributed by atoms with E-state index in [9.17, 15) is 32.3 Å². The maximum absolute atomic E-state index is 14.1. The lowest BCUT2D eigenvalue weighted by atomic mass is 10.1. The van der Waals surface area contributed by atoms with Gasteiger partial charge in [-0.25, -0.2) is 37.1 Å². The van der Waals surface area contributed by atoms with Crippen molar-refractivity contribution in [3.05, 3.63) is 201 Å². The number of esters is 1. The number of carbonyl (C=O) groups excluding carboxylic acids is 1. The zero-order chi connectivity index (χ0) is 47.1. The van der Waals surface area contributed by atoms with Gasteiger partial charge < -0.3 is 19.3 Å². The van der Waals surface area contributed by atoms with Gasteiger partial charge in [-0.1, -0.05) is 23.2 Å². The Morgan fingerprint density at radius 3 is 1.48 bits per heavy atom. The van der Waals surface area contributed by atoms with Crippen LogP contribution in [-0.2, 0) is 18.0 Å². The summed E-state index contributed by atoms with van der Waals surface area (Å²) >= 11 is 12.5. The number of pyridine rings is 2. The number of carbonyl (C=O) groups is 2. The molecule has 0 atom stereocenters. The molecule has 0 unspecified atom stereocenters. The first-order valence-electron chi connectivity index (χ1n) is 20.1. The first-order valence-corrected chi connectivity index (χ1v) is 20.9. The van der Waals surface area contributed by atoms with Gasteiger partial charge in [0.05, 0.1) is 29.1 Å². The van der Waals surface area contributed by atoms with Crippen LogP contribution < -0.4 is 9.47 Å². The quantitative estimate of drug-likeness (QED) is 0.0897. The number of aromatic carboxylic acids is 1. The van der Waals surface area contributed by atoms with Crippen molar-refractivity contribution in [2.45, 2.75) is 34.0 Å². The zero-order valence-electron chi connectivity index (χ0n) is 35.4. The molecule has 0 saturated heterocycles. The summed E-state index contributed by atoms with van der Waals surface area (Å²) in [5.74, 6) is -2.40. The maximum Gasteiger partial charge on any atom is 0.338 e. The van der Waals surface area contributed by atoms with Crippen LogP contribution in [0.15, 0.2) is 134 Å². The molecule has 4 aromatic heterocycles. The van der Waals surface area contributed by atoms with E-state index in [-0.39, 0.29) is 36.5 Å². The minimum absolute atomic E-state index is 0.100. The van der Waals surface area contributed by atoms with Gasteiger partial charge in [0.2, 0.25) is 0 Å². The molecule has 10 nitrogen and oxygen atoms in total. The van der Waals surface area contributed by atoms with E-state index < -0.39 is 35.2 Å². The molecule has 0 bridgehead atoms. The summed E-state index contributed by atoms with van der Waals surface area (Å²) in [5.41, 5.74) is 5.19. The lowest BCUT2D eigenvalue weighted by molar-refractivity contribution is 0.0525. The van der Waals surface area contributed by atoms with Crippen LogP contribution >= 0.6 is 23.2 Å². The lowest BCUT2D eigenvalue weighted by Gasteiger charge is -2.16. The number of halogens is 6. The Balaban J connectivity index is 0.000000197. The van der Waals surface area contributed by atoms with Gasteiger partial charge in [0.25, 0.3) is 0 Å². The van der Waals surface area contributed by atoms with E-state index in [1.807, 2.05) is 42.7 Å². The van der Waals surface area contributed by atoms with Crippen molar-refractivity contribution < 1.29 is 46.5 Å². The predicted molar refractivity (Wildman–Crippen MR) is 242 cm³/mol. The van der Waals surface area contributed by atoms with Gasteiger partial charge in [0, 0.05) is 68.2 Å². The van der Waals surface area contributed by atoms with Crippen molar-refractivity contribution in [2.75, 3.05) is 6.61 Å². The highest BCUT2D eigenvalue weighted by atomic mass is 35.5. The highest BCUT2D eigenvalue weighted by Gasteiger charge is 2.20.